The van der Waals surface area contributed by atoms with Crippen LogP contribution in [0.25, 0.3) is 22.0 Å². The number of aromatic nitrogens is 2. The van der Waals surface area contributed by atoms with Gasteiger partial charge in [-0.3, -0.25) is 4.98 Å². The van der Waals surface area contributed by atoms with Gasteiger partial charge in [0.1, 0.15) is 0 Å². The highest BCUT2D eigenvalue weighted by Gasteiger charge is 2.33. The highest BCUT2D eigenvalue weighted by Crippen LogP contribution is 2.36. The predicted octanol–water partition coefficient (Wildman–Crippen LogP) is 6.55. The maximum Gasteiger partial charge on any atom is 0.417 e. The molecule has 0 spiro atoms. The van der Waals surface area contributed by atoms with Gasteiger partial charge >= 0.3 is 12.2 Å². The fourth-order valence-electron chi connectivity index (χ4n) is 3.06. The van der Waals surface area contributed by atoms with Crippen molar-refractivity contribution in [2.24, 2.45) is 0 Å². The van der Waals surface area contributed by atoms with Crippen molar-refractivity contribution in [1.82, 2.24) is 9.97 Å². The van der Waals surface area contributed by atoms with E-state index >= 15 is 0 Å². The van der Waals surface area contributed by atoms with Crippen LogP contribution in [0.1, 0.15) is 5.56 Å². The van der Waals surface area contributed by atoms with Crippen LogP contribution in [0.5, 0.6) is 0 Å². The molecule has 0 aliphatic rings. The number of rotatable bonds is 3. The topological polar surface area (TPSA) is 69.8 Å². The number of anilines is 2. The van der Waals surface area contributed by atoms with Crippen LogP contribution in [0.2, 0.25) is 5.02 Å². The minimum Gasteiger partial charge on any atom is -0.359 e. The molecule has 0 atom stereocenters. The predicted molar refractivity (Wildman–Crippen MR) is 111 cm³/mol. The highest BCUT2D eigenvalue weighted by molar-refractivity contribution is 6.31. The van der Waals surface area contributed by atoms with Gasteiger partial charge in [0.05, 0.1) is 22.3 Å². The zero-order valence-electron chi connectivity index (χ0n) is 15.2. The summed E-state index contributed by atoms with van der Waals surface area (Å²) in [5.41, 5.74) is 2.29. The van der Waals surface area contributed by atoms with Crippen LogP contribution >= 0.6 is 11.6 Å². The van der Waals surface area contributed by atoms with E-state index in [9.17, 15) is 18.0 Å². The number of amides is 2. The van der Waals surface area contributed by atoms with E-state index in [0.29, 0.717) is 5.69 Å². The lowest BCUT2D eigenvalue weighted by atomic mass is 10.1. The van der Waals surface area contributed by atoms with Crippen LogP contribution in [-0.2, 0) is 6.18 Å². The number of carbonyl (C=O) groups is 1. The number of pyridine rings is 1. The average molecular weight is 431 g/mol. The Kier molecular flexibility index (Phi) is 5.09. The molecule has 3 N–H and O–H groups in total. The number of aromatic amines is 1. The number of H-pyrrole nitrogens is 1. The van der Waals surface area contributed by atoms with E-state index in [1.807, 2.05) is 24.4 Å². The molecule has 5 nitrogen and oxygen atoms in total. The van der Waals surface area contributed by atoms with Gasteiger partial charge in [-0.1, -0.05) is 23.7 Å². The summed E-state index contributed by atoms with van der Waals surface area (Å²) in [4.78, 5) is 19.4. The number of benzene rings is 2. The van der Waals surface area contributed by atoms with E-state index in [4.69, 9.17) is 11.6 Å². The van der Waals surface area contributed by atoms with Crippen LogP contribution in [0.3, 0.4) is 0 Å². The summed E-state index contributed by atoms with van der Waals surface area (Å²) in [6.07, 6.45) is 0.709. The molecule has 0 radical (unpaired) electrons. The Labute approximate surface area is 173 Å². The maximum absolute atomic E-state index is 12.9. The summed E-state index contributed by atoms with van der Waals surface area (Å²) in [6, 6.07) is 11.5. The van der Waals surface area contributed by atoms with E-state index in [1.54, 1.807) is 24.5 Å². The zero-order valence-corrected chi connectivity index (χ0v) is 16.0. The van der Waals surface area contributed by atoms with Gasteiger partial charge in [0, 0.05) is 34.7 Å². The molecule has 0 bridgehead atoms. The highest BCUT2D eigenvalue weighted by atomic mass is 35.5. The number of urea groups is 1. The monoisotopic (exact) mass is 430 g/mol. The Bertz CT molecular complexity index is 1220. The SMILES string of the molecule is O=C(Nc1ccc(-c2c[nH]c3cnccc23)cc1)Nc1ccc(Cl)c(C(F)(F)F)c1. The fourth-order valence-corrected chi connectivity index (χ4v) is 3.28. The number of fused-ring (bicyclic) bond motifs is 1. The van der Waals surface area contributed by atoms with Crippen molar-refractivity contribution in [2.45, 2.75) is 6.18 Å². The third kappa shape index (κ3) is 4.08. The van der Waals surface area contributed by atoms with Crippen molar-refractivity contribution in [1.29, 1.82) is 0 Å². The summed E-state index contributed by atoms with van der Waals surface area (Å²) in [7, 11) is 0. The number of carbonyl (C=O) groups excluding carboxylic acids is 1. The Morgan fingerprint density at radius 3 is 2.43 bits per heavy atom. The van der Waals surface area contributed by atoms with Crippen molar-refractivity contribution < 1.29 is 18.0 Å². The molecule has 2 amide bonds. The number of hydrogen-bond donors (Lipinski definition) is 3. The molecule has 2 aromatic heterocycles. The molecule has 0 saturated carbocycles. The van der Waals surface area contributed by atoms with E-state index in [0.717, 1.165) is 34.2 Å². The van der Waals surface area contributed by atoms with Gasteiger partial charge in [-0.15, -0.1) is 0 Å². The first-order valence-electron chi connectivity index (χ1n) is 8.77. The Balaban J connectivity index is 1.47. The van der Waals surface area contributed by atoms with Crippen LogP contribution in [-0.4, -0.2) is 16.0 Å². The molecule has 0 aliphatic heterocycles. The quantitative estimate of drug-likeness (QED) is 0.345. The lowest BCUT2D eigenvalue weighted by Gasteiger charge is -2.12. The van der Waals surface area contributed by atoms with Crippen LogP contribution in [0.4, 0.5) is 29.3 Å². The molecule has 2 aromatic carbocycles. The third-order valence-corrected chi connectivity index (χ3v) is 4.80. The first-order chi connectivity index (χ1) is 14.3. The second-order valence-corrected chi connectivity index (χ2v) is 6.88. The number of nitrogens with one attached hydrogen (secondary N) is 3. The second kappa shape index (κ2) is 7.72. The second-order valence-electron chi connectivity index (χ2n) is 6.47. The van der Waals surface area contributed by atoms with Crippen molar-refractivity contribution in [3.63, 3.8) is 0 Å². The Morgan fingerprint density at radius 2 is 1.70 bits per heavy atom. The summed E-state index contributed by atoms with van der Waals surface area (Å²) in [5.74, 6) is 0. The standard InChI is InChI=1S/C21H14ClF3N4O/c22-18-6-5-14(9-17(18)21(23,24)25)29-20(30)28-13-3-1-12(2-4-13)16-10-27-19-11-26-8-7-15(16)19/h1-11,27H,(H2,28,29,30). The summed E-state index contributed by atoms with van der Waals surface area (Å²) in [5, 5.41) is 5.55. The molecule has 0 unspecified atom stereocenters. The van der Waals surface area contributed by atoms with Crippen molar-refractivity contribution in [2.75, 3.05) is 10.6 Å². The summed E-state index contributed by atoms with van der Waals surface area (Å²) < 4.78 is 38.8. The van der Waals surface area contributed by atoms with Gasteiger partial charge in [-0.2, -0.15) is 13.2 Å². The van der Waals surface area contributed by atoms with Crippen molar-refractivity contribution >= 4 is 39.9 Å². The smallest absolute Gasteiger partial charge is 0.359 e. The van der Waals surface area contributed by atoms with E-state index in [-0.39, 0.29) is 5.69 Å². The molecular weight excluding hydrogens is 417 g/mol. The van der Waals surface area contributed by atoms with Crippen molar-refractivity contribution in [3.8, 4) is 11.1 Å². The van der Waals surface area contributed by atoms with Crippen molar-refractivity contribution in [3.05, 3.63) is 77.7 Å². The van der Waals surface area contributed by atoms with E-state index in [1.165, 1.54) is 6.07 Å². The Hall–Kier alpha value is -3.52. The lowest BCUT2D eigenvalue weighted by Crippen LogP contribution is -2.19. The molecule has 0 fully saturated rings. The van der Waals surface area contributed by atoms with Crippen LogP contribution in [0.15, 0.2) is 67.1 Å². The molecule has 9 heteroatoms. The van der Waals surface area contributed by atoms with Gasteiger partial charge in [0.25, 0.3) is 0 Å². The van der Waals surface area contributed by atoms with Gasteiger partial charge < -0.3 is 15.6 Å². The van der Waals surface area contributed by atoms with Gasteiger partial charge in [-0.05, 0) is 42.0 Å². The zero-order chi connectivity index (χ0) is 21.3. The molecule has 4 rings (SSSR count). The normalized spacial score (nSPS) is 11.5. The van der Waals surface area contributed by atoms with Gasteiger partial charge in [-0.25, -0.2) is 4.79 Å². The number of hydrogen-bond acceptors (Lipinski definition) is 2. The molecule has 30 heavy (non-hydrogen) atoms. The molecule has 152 valence electrons. The molecular formula is C21H14ClF3N4O. The first-order valence-corrected chi connectivity index (χ1v) is 9.15. The largest absolute Gasteiger partial charge is 0.417 e. The lowest BCUT2D eigenvalue weighted by molar-refractivity contribution is -0.137. The number of halogens is 4. The van der Waals surface area contributed by atoms with Crippen LogP contribution < -0.4 is 10.6 Å². The minimum atomic E-state index is -4.61. The summed E-state index contributed by atoms with van der Waals surface area (Å²) >= 11 is 5.59. The first kappa shape index (κ1) is 19.8. The molecule has 0 saturated heterocycles. The molecule has 2 heterocycles. The maximum atomic E-state index is 12.9. The van der Waals surface area contributed by atoms with E-state index in [2.05, 4.69) is 20.6 Å². The number of alkyl halides is 3. The van der Waals surface area contributed by atoms with E-state index < -0.39 is 22.8 Å². The van der Waals surface area contributed by atoms with Gasteiger partial charge in [0.2, 0.25) is 0 Å². The minimum absolute atomic E-state index is 0.0201. The van der Waals surface area contributed by atoms with Gasteiger partial charge in [0.15, 0.2) is 0 Å². The average Bonchev–Trinajstić information content (AvgIpc) is 3.13. The Morgan fingerprint density at radius 1 is 1.00 bits per heavy atom. The van der Waals surface area contributed by atoms with Crippen LogP contribution in [0, 0.1) is 0 Å². The fraction of sp³-hybridized carbons (Fsp3) is 0.0476. The summed E-state index contributed by atoms with van der Waals surface area (Å²) in [6.45, 7) is 0. The molecule has 0 aliphatic carbocycles. The molecule has 4 aromatic rings. The number of nitrogens with zero attached hydrogens (tertiary/aromatic N) is 1. The third-order valence-electron chi connectivity index (χ3n) is 4.47.